The van der Waals surface area contributed by atoms with Crippen LogP contribution in [0.3, 0.4) is 0 Å². The molecule has 4 rings (SSSR count). The Morgan fingerprint density at radius 2 is 1.73 bits per heavy atom. The molecule has 1 aliphatic heterocycles. The van der Waals surface area contributed by atoms with Crippen molar-refractivity contribution in [2.45, 2.75) is 0 Å². The molecule has 3 heterocycles. The standard InChI is InChI=1S/C19H17ClN4O2/c20-15-6-2-1-5-14(15)19(26)23-11-9-22(10-12-23)17-13-18(25)24-8-4-3-7-16(24)21-17/h1-8,13H,9-12H2. The van der Waals surface area contributed by atoms with Gasteiger partial charge in [0.15, 0.2) is 0 Å². The molecule has 0 spiro atoms. The summed E-state index contributed by atoms with van der Waals surface area (Å²) in [5, 5.41) is 0.462. The molecule has 0 aliphatic carbocycles. The fourth-order valence-electron chi connectivity index (χ4n) is 3.15. The molecule has 1 fully saturated rings. The molecule has 0 N–H and O–H groups in total. The maximum atomic E-state index is 12.6. The normalized spacial score (nSPS) is 14.7. The average molecular weight is 369 g/mol. The highest BCUT2D eigenvalue weighted by Gasteiger charge is 2.24. The molecule has 1 saturated heterocycles. The Hall–Kier alpha value is -2.86. The molecular formula is C19H17ClN4O2. The highest BCUT2D eigenvalue weighted by atomic mass is 35.5. The Labute approximate surface area is 155 Å². The highest BCUT2D eigenvalue weighted by Crippen LogP contribution is 2.19. The molecule has 0 radical (unpaired) electrons. The van der Waals surface area contributed by atoms with Crippen molar-refractivity contribution in [3.05, 3.63) is 75.7 Å². The molecule has 0 atom stereocenters. The molecule has 0 unspecified atom stereocenters. The number of halogens is 1. The second-order valence-corrected chi connectivity index (χ2v) is 6.55. The van der Waals surface area contributed by atoms with Gasteiger partial charge in [-0.05, 0) is 24.3 Å². The van der Waals surface area contributed by atoms with Crippen molar-refractivity contribution in [1.82, 2.24) is 14.3 Å². The van der Waals surface area contributed by atoms with Crippen molar-refractivity contribution in [2.24, 2.45) is 0 Å². The number of benzene rings is 1. The lowest BCUT2D eigenvalue weighted by molar-refractivity contribution is 0.0746. The van der Waals surface area contributed by atoms with Crippen LogP contribution in [0, 0.1) is 0 Å². The minimum Gasteiger partial charge on any atom is -0.353 e. The monoisotopic (exact) mass is 368 g/mol. The molecule has 1 amide bonds. The van der Waals surface area contributed by atoms with Gasteiger partial charge in [-0.2, -0.15) is 0 Å². The molecule has 1 aromatic carbocycles. The molecule has 7 heteroatoms. The van der Waals surface area contributed by atoms with Gasteiger partial charge in [0.1, 0.15) is 11.5 Å². The summed E-state index contributed by atoms with van der Waals surface area (Å²) in [5.41, 5.74) is 1.02. The van der Waals surface area contributed by atoms with Crippen LogP contribution in [0.15, 0.2) is 59.5 Å². The topological polar surface area (TPSA) is 57.9 Å². The van der Waals surface area contributed by atoms with Gasteiger partial charge >= 0.3 is 0 Å². The third-order valence-corrected chi connectivity index (χ3v) is 4.88. The number of piperazine rings is 1. The summed E-state index contributed by atoms with van der Waals surface area (Å²) in [4.78, 5) is 33.3. The van der Waals surface area contributed by atoms with Gasteiger partial charge in [0.25, 0.3) is 11.5 Å². The van der Waals surface area contributed by atoms with Crippen molar-refractivity contribution < 1.29 is 4.79 Å². The molecule has 6 nitrogen and oxygen atoms in total. The number of rotatable bonds is 2. The van der Waals surface area contributed by atoms with Gasteiger partial charge in [0.05, 0.1) is 10.6 Å². The summed E-state index contributed by atoms with van der Waals surface area (Å²) in [7, 11) is 0. The third kappa shape index (κ3) is 3.04. The highest BCUT2D eigenvalue weighted by molar-refractivity contribution is 6.33. The Kier molecular flexibility index (Phi) is 4.34. The van der Waals surface area contributed by atoms with Crippen LogP contribution >= 0.6 is 11.6 Å². The zero-order valence-electron chi connectivity index (χ0n) is 14.0. The summed E-state index contributed by atoms with van der Waals surface area (Å²) >= 11 is 6.13. The van der Waals surface area contributed by atoms with E-state index >= 15 is 0 Å². The number of aromatic nitrogens is 2. The number of carbonyl (C=O) groups is 1. The van der Waals surface area contributed by atoms with E-state index in [0.29, 0.717) is 48.2 Å². The first kappa shape index (κ1) is 16.6. The van der Waals surface area contributed by atoms with E-state index in [1.54, 1.807) is 41.4 Å². The summed E-state index contributed by atoms with van der Waals surface area (Å²) in [6, 6.07) is 14.1. The molecule has 132 valence electrons. The van der Waals surface area contributed by atoms with E-state index in [-0.39, 0.29) is 11.5 Å². The summed E-state index contributed by atoms with van der Waals surface area (Å²) in [5.74, 6) is 0.577. The second-order valence-electron chi connectivity index (χ2n) is 6.14. The molecule has 0 bridgehead atoms. The molecular weight excluding hydrogens is 352 g/mol. The van der Waals surface area contributed by atoms with Crippen molar-refractivity contribution in [1.29, 1.82) is 0 Å². The first-order chi connectivity index (χ1) is 12.6. The largest absolute Gasteiger partial charge is 0.353 e. The van der Waals surface area contributed by atoms with Crippen LogP contribution in [0.4, 0.5) is 5.82 Å². The van der Waals surface area contributed by atoms with Crippen molar-refractivity contribution in [3.63, 3.8) is 0 Å². The van der Waals surface area contributed by atoms with E-state index in [1.165, 1.54) is 4.40 Å². The van der Waals surface area contributed by atoms with Crippen molar-refractivity contribution >= 4 is 29.0 Å². The SMILES string of the molecule is O=C(c1ccccc1Cl)N1CCN(c2cc(=O)n3ccccc3n2)CC1. The second kappa shape index (κ2) is 6.80. The summed E-state index contributed by atoms with van der Waals surface area (Å²) < 4.78 is 1.51. The van der Waals surface area contributed by atoms with Gasteiger partial charge < -0.3 is 9.80 Å². The van der Waals surface area contributed by atoms with Crippen molar-refractivity contribution in [2.75, 3.05) is 31.1 Å². The lowest BCUT2D eigenvalue weighted by Crippen LogP contribution is -2.49. The Morgan fingerprint density at radius 1 is 1.00 bits per heavy atom. The Morgan fingerprint density at radius 3 is 2.50 bits per heavy atom. The number of amides is 1. The lowest BCUT2D eigenvalue weighted by atomic mass is 10.2. The molecule has 0 saturated carbocycles. The number of anilines is 1. The van der Waals surface area contributed by atoms with E-state index in [0.717, 1.165) is 0 Å². The smallest absolute Gasteiger partial charge is 0.259 e. The van der Waals surface area contributed by atoms with E-state index in [1.807, 2.05) is 23.1 Å². The molecule has 2 aromatic heterocycles. The number of hydrogen-bond donors (Lipinski definition) is 0. The number of nitrogens with zero attached hydrogens (tertiary/aromatic N) is 4. The number of carbonyl (C=O) groups excluding carboxylic acids is 1. The Balaban J connectivity index is 1.51. The fraction of sp³-hybridized carbons (Fsp3) is 0.211. The molecule has 1 aliphatic rings. The van der Waals surface area contributed by atoms with Crippen LogP contribution in [0.1, 0.15) is 10.4 Å². The molecule has 26 heavy (non-hydrogen) atoms. The predicted octanol–water partition coefficient (Wildman–Crippen LogP) is 2.31. The van der Waals surface area contributed by atoms with Gasteiger partial charge in [-0.3, -0.25) is 14.0 Å². The quantitative estimate of drug-likeness (QED) is 0.696. The van der Waals surface area contributed by atoms with Crippen LogP contribution in [0.2, 0.25) is 5.02 Å². The summed E-state index contributed by atoms with van der Waals surface area (Å²) in [6.45, 7) is 2.34. The minimum atomic E-state index is -0.111. The zero-order chi connectivity index (χ0) is 18.1. The van der Waals surface area contributed by atoms with Crippen LogP contribution in [-0.4, -0.2) is 46.4 Å². The van der Waals surface area contributed by atoms with Gasteiger partial charge in [-0.25, -0.2) is 4.98 Å². The van der Waals surface area contributed by atoms with Gasteiger partial charge in [-0.15, -0.1) is 0 Å². The van der Waals surface area contributed by atoms with E-state index in [9.17, 15) is 9.59 Å². The zero-order valence-corrected chi connectivity index (χ0v) is 14.8. The van der Waals surface area contributed by atoms with Crippen LogP contribution in [0.5, 0.6) is 0 Å². The minimum absolute atomic E-state index is 0.0678. The first-order valence-electron chi connectivity index (χ1n) is 8.41. The van der Waals surface area contributed by atoms with Crippen LogP contribution in [0.25, 0.3) is 5.65 Å². The Bertz CT molecular complexity index is 1030. The van der Waals surface area contributed by atoms with E-state index in [4.69, 9.17) is 11.6 Å². The predicted molar refractivity (Wildman–Crippen MR) is 101 cm³/mol. The fourth-order valence-corrected chi connectivity index (χ4v) is 3.36. The third-order valence-electron chi connectivity index (χ3n) is 4.55. The maximum absolute atomic E-state index is 12.6. The van der Waals surface area contributed by atoms with Crippen LogP contribution in [-0.2, 0) is 0 Å². The number of pyridine rings is 1. The summed E-state index contributed by atoms with van der Waals surface area (Å²) in [6.07, 6.45) is 1.70. The number of hydrogen-bond acceptors (Lipinski definition) is 4. The van der Waals surface area contributed by atoms with Crippen molar-refractivity contribution in [3.8, 4) is 0 Å². The van der Waals surface area contributed by atoms with Gasteiger partial charge in [-0.1, -0.05) is 29.8 Å². The van der Waals surface area contributed by atoms with Crippen LogP contribution < -0.4 is 10.5 Å². The number of fused-ring (bicyclic) bond motifs is 1. The van der Waals surface area contributed by atoms with E-state index in [2.05, 4.69) is 4.98 Å². The lowest BCUT2D eigenvalue weighted by Gasteiger charge is -2.35. The van der Waals surface area contributed by atoms with Gasteiger partial charge in [0.2, 0.25) is 0 Å². The maximum Gasteiger partial charge on any atom is 0.259 e. The average Bonchev–Trinajstić information content (AvgIpc) is 2.68. The molecule has 3 aromatic rings. The first-order valence-corrected chi connectivity index (χ1v) is 8.78. The van der Waals surface area contributed by atoms with Gasteiger partial charge in [0, 0.05) is 38.4 Å². The van der Waals surface area contributed by atoms with E-state index < -0.39 is 0 Å².